The molecule has 0 aliphatic heterocycles. The van der Waals surface area contributed by atoms with E-state index in [1.54, 1.807) is 6.07 Å². The molecule has 3 heteroatoms. The standard InChI is InChI=1S/C17H19ClFN/c1-12-6-7-14(16(18)8-12)11-17(2,20)10-13-4-3-5-15(19)9-13/h3-9H,10-11,20H2,1-2H3. The summed E-state index contributed by atoms with van der Waals surface area (Å²) >= 11 is 6.25. The molecule has 0 spiro atoms. The molecule has 106 valence electrons. The topological polar surface area (TPSA) is 26.0 Å². The van der Waals surface area contributed by atoms with E-state index in [1.807, 2.05) is 38.1 Å². The zero-order valence-corrected chi connectivity index (χ0v) is 12.5. The van der Waals surface area contributed by atoms with Gasteiger partial charge in [0.2, 0.25) is 0 Å². The minimum absolute atomic E-state index is 0.230. The molecular weight excluding hydrogens is 273 g/mol. The molecule has 2 rings (SSSR count). The van der Waals surface area contributed by atoms with Crippen LogP contribution in [0.5, 0.6) is 0 Å². The fraction of sp³-hybridized carbons (Fsp3) is 0.294. The lowest BCUT2D eigenvalue weighted by molar-refractivity contribution is 0.461. The molecule has 0 aliphatic rings. The summed E-state index contributed by atoms with van der Waals surface area (Å²) < 4.78 is 13.2. The Morgan fingerprint density at radius 2 is 1.90 bits per heavy atom. The Balaban J connectivity index is 2.14. The lowest BCUT2D eigenvalue weighted by Gasteiger charge is -2.25. The van der Waals surface area contributed by atoms with Crippen LogP contribution in [0, 0.1) is 12.7 Å². The first kappa shape index (κ1) is 15.0. The largest absolute Gasteiger partial charge is 0.325 e. The van der Waals surface area contributed by atoms with Crippen LogP contribution in [0.1, 0.15) is 23.6 Å². The Labute approximate surface area is 124 Å². The molecule has 1 unspecified atom stereocenters. The van der Waals surface area contributed by atoms with E-state index in [2.05, 4.69) is 0 Å². The minimum atomic E-state index is -0.466. The molecule has 0 fully saturated rings. The lowest BCUT2D eigenvalue weighted by atomic mass is 9.87. The second-order valence-electron chi connectivity index (χ2n) is 5.73. The van der Waals surface area contributed by atoms with Gasteiger partial charge in [-0.3, -0.25) is 0 Å². The van der Waals surface area contributed by atoms with Crippen LogP contribution in [-0.4, -0.2) is 5.54 Å². The lowest BCUT2D eigenvalue weighted by Crippen LogP contribution is -2.41. The van der Waals surface area contributed by atoms with Gasteiger partial charge in [0.1, 0.15) is 5.82 Å². The highest BCUT2D eigenvalue weighted by atomic mass is 35.5. The molecule has 0 aromatic heterocycles. The zero-order chi connectivity index (χ0) is 14.8. The predicted octanol–water partition coefficient (Wildman–Crippen LogP) is 4.29. The van der Waals surface area contributed by atoms with E-state index in [1.165, 1.54) is 12.1 Å². The van der Waals surface area contributed by atoms with Crippen LogP contribution in [0.3, 0.4) is 0 Å². The Morgan fingerprint density at radius 3 is 2.55 bits per heavy atom. The van der Waals surface area contributed by atoms with Gasteiger partial charge >= 0.3 is 0 Å². The molecule has 0 amide bonds. The van der Waals surface area contributed by atoms with Crippen molar-refractivity contribution < 1.29 is 4.39 Å². The Kier molecular flexibility index (Phi) is 4.46. The molecule has 2 aromatic rings. The number of benzene rings is 2. The highest BCUT2D eigenvalue weighted by molar-refractivity contribution is 6.31. The van der Waals surface area contributed by atoms with E-state index in [4.69, 9.17) is 17.3 Å². The summed E-state index contributed by atoms with van der Waals surface area (Å²) in [6.07, 6.45) is 1.26. The third kappa shape index (κ3) is 4.06. The van der Waals surface area contributed by atoms with Gasteiger partial charge in [0.15, 0.2) is 0 Å². The molecule has 1 nitrogen and oxygen atoms in total. The smallest absolute Gasteiger partial charge is 0.123 e. The van der Waals surface area contributed by atoms with E-state index < -0.39 is 5.54 Å². The van der Waals surface area contributed by atoms with Crippen molar-refractivity contribution in [2.24, 2.45) is 5.73 Å². The number of hydrogen-bond acceptors (Lipinski definition) is 1. The normalized spacial score (nSPS) is 14.1. The van der Waals surface area contributed by atoms with Gasteiger partial charge < -0.3 is 5.73 Å². The third-order valence-electron chi connectivity index (χ3n) is 3.30. The molecule has 20 heavy (non-hydrogen) atoms. The average molecular weight is 292 g/mol. The van der Waals surface area contributed by atoms with E-state index in [0.29, 0.717) is 12.8 Å². The van der Waals surface area contributed by atoms with Crippen molar-refractivity contribution in [3.05, 3.63) is 70.0 Å². The SMILES string of the molecule is Cc1ccc(CC(C)(N)Cc2cccc(F)c2)c(Cl)c1. The first-order valence-corrected chi connectivity index (χ1v) is 7.02. The van der Waals surface area contributed by atoms with Gasteiger partial charge in [-0.25, -0.2) is 4.39 Å². The number of nitrogens with two attached hydrogens (primary N) is 1. The summed E-state index contributed by atoms with van der Waals surface area (Å²) in [5, 5.41) is 0.737. The molecule has 1 atom stereocenters. The van der Waals surface area contributed by atoms with E-state index in [0.717, 1.165) is 21.7 Å². The number of hydrogen-bond donors (Lipinski definition) is 1. The van der Waals surface area contributed by atoms with Crippen LogP contribution in [-0.2, 0) is 12.8 Å². The van der Waals surface area contributed by atoms with Crippen LogP contribution in [0.4, 0.5) is 4.39 Å². The maximum atomic E-state index is 13.2. The van der Waals surface area contributed by atoms with Gasteiger partial charge in [-0.15, -0.1) is 0 Å². The first-order valence-electron chi connectivity index (χ1n) is 6.64. The molecule has 0 radical (unpaired) electrons. The Bertz CT molecular complexity index is 608. The zero-order valence-electron chi connectivity index (χ0n) is 11.8. The molecular formula is C17H19ClFN. The molecule has 0 saturated heterocycles. The summed E-state index contributed by atoms with van der Waals surface area (Å²) in [4.78, 5) is 0. The van der Waals surface area contributed by atoms with Gasteiger partial charge in [-0.05, 0) is 61.6 Å². The van der Waals surface area contributed by atoms with Crippen molar-refractivity contribution in [2.45, 2.75) is 32.2 Å². The van der Waals surface area contributed by atoms with Crippen molar-refractivity contribution in [3.63, 3.8) is 0 Å². The number of rotatable bonds is 4. The molecule has 0 saturated carbocycles. The van der Waals surface area contributed by atoms with Crippen molar-refractivity contribution in [3.8, 4) is 0 Å². The predicted molar refractivity (Wildman–Crippen MR) is 82.6 cm³/mol. The van der Waals surface area contributed by atoms with Crippen LogP contribution in [0.15, 0.2) is 42.5 Å². The Hall–Kier alpha value is -1.38. The summed E-state index contributed by atoms with van der Waals surface area (Å²) in [6.45, 7) is 3.97. The van der Waals surface area contributed by atoms with Gasteiger partial charge in [0.25, 0.3) is 0 Å². The van der Waals surface area contributed by atoms with Crippen molar-refractivity contribution >= 4 is 11.6 Å². The third-order valence-corrected chi connectivity index (χ3v) is 3.65. The monoisotopic (exact) mass is 291 g/mol. The maximum absolute atomic E-state index is 13.2. The molecule has 0 heterocycles. The maximum Gasteiger partial charge on any atom is 0.123 e. The Morgan fingerprint density at radius 1 is 1.15 bits per heavy atom. The van der Waals surface area contributed by atoms with Crippen LogP contribution in [0.2, 0.25) is 5.02 Å². The van der Waals surface area contributed by atoms with E-state index in [-0.39, 0.29) is 5.82 Å². The van der Waals surface area contributed by atoms with Crippen molar-refractivity contribution in [2.75, 3.05) is 0 Å². The average Bonchev–Trinajstić information content (AvgIpc) is 2.32. The molecule has 2 aromatic carbocycles. The van der Waals surface area contributed by atoms with Gasteiger partial charge in [0, 0.05) is 10.6 Å². The second kappa shape index (κ2) is 5.94. The highest BCUT2D eigenvalue weighted by Gasteiger charge is 2.21. The second-order valence-corrected chi connectivity index (χ2v) is 6.14. The number of halogens is 2. The van der Waals surface area contributed by atoms with E-state index in [9.17, 15) is 4.39 Å². The van der Waals surface area contributed by atoms with Gasteiger partial charge in [-0.2, -0.15) is 0 Å². The summed E-state index contributed by atoms with van der Waals surface area (Å²) in [5.41, 5.74) is 8.95. The molecule has 2 N–H and O–H groups in total. The minimum Gasteiger partial charge on any atom is -0.325 e. The summed E-state index contributed by atoms with van der Waals surface area (Å²) in [7, 11) is 0. The van der Waals surface area contributed by atoms with Gasteiger partial charge in [-0.1, -0.05) is 35.9 Å². The fourth-order valence-electron chi connectivity index (χ4n) is 2.41. The van der Waals surface area contributed by atoms with E-state index >= 15 is 0 Å². The van der Waals surface area contributed by atoms with Crippen LogP contribution in [0.25, 0.3) is 0 Å². The first-order chi connectivity index (χ1) is 9.35. The number of aryl methyl sites for hydroxylation is 1. The van der Waals surface area contributed by atoms with Crippen LogP contribution >= 0.6 is 11.6 Å². The van der Waals surface area contributed by atoms with Gasteiger partial charge in [0.05, 0.1) is 0 Å². The van der Waals surface area contributed by atoms with Crippen LogP contribution < -0.4 is 5.73 Å². The highest BCUT2D eigenvalue weighted by Crippen LogP contribution is 2.23. The van der Waals surface area contributed by atoms with Crippen molar-refractivity contribution in [1.29, 1.82) is 0 Å². The summed E-state index contributed by atoms with van der Waals surface area (Å²) in [5.74, 6) is -0.230. The van der Waals surface area contributed by atoms with Crippen molar-refractivity contribution in [1.82, 2.24) is 0 Å². The molecule has 0 bridgehead atoms. The molecule has 0 aliphatic carbocycles. The fourth-order valence-corrected chi connectivity index (χ4v) is 2.71. The summed E-state index contributed by atoms with van der Waals surface area (Å²) in [6, 6.07) is 12.5. The quantitative estimate of drug-likeness (QED) is 0.893.